The third-order valence-corrected chi connectivity index (χ3v) is 3.47. The van der Waals surface area contributed by atoms with Crippen molar-refractivity contribution in [2.45, 2.75) is 38.3 Å². The Balaban J connectivity index is 1.81. The quantitative estimate of drug-likeness (QED) is 0.839. The van der Waals surface area contributed by atoms with Gasteiger partial charge in [-0.3, -0.25) is 9.48 Å². The summed E-state index contributed by atoms with van der Waals surface area (Å²) in [5, 5.41) is 15.8. The Kier molecular flexibility index (Phi) is 4.97. The van der Waals surface area contributed by atoms with Crippen molar-refractivity contribution < 1.29 is 14.7 Å². The van der Waals surface area contributed by atoms with Gasteiger partial charge in [0.05, 0.1) is 13.0 Å². The second kappa shape index (κ2) is 6.93. The number of amides is 2. The van der Waals surface area contributed by atoms with Crippen molar-refractivity contribution in [3.05, 3.63) is 18.5 Å². The van der Waals surface area contributed by atoms with Crippen LogP contribution in [-0.2, 0) is 11.3 Å². The second-order valence-electron chi connectivity index (χ2n) is 4.94. The van der Waals surface area contributed by atoms with Gasteiger partial charge in [0.25, 0.3) is 0 Å². The van der Waals surface area contributed by atoms with E-state index >= 15 is 0 Å². The van der Waals surface area contributed by atoms with Gasteiger partial charge in [-0.25, -0.2) is 4.79 Å². The maximum absolute atomic E-state index is 12.1. The smallest absolute Gasteiger partial charge is 0.317 e. The summed E-state index contributed by atoms with van der Waals surface area (Å²) in [5.74, 6) is -0.855. The lowest BCUT2D eigenvalue weighted by Crippen LogP contribution is -2.49. The van der Waals surface area contributed by atoms with Crippen LogP contribution in [0.1, 0.15) is 25.7 Å². The molecule has 0 radical (unpaired) electrons. The summed E-state index contributed by atoms with van der Waals surface area (Å²) in [7, 11) is 0. The SMILES string of the molecule is O=C(O)CC1CCCCN1C(=O)NCCn1cccn1. The van der Waals surface area contributed by atoms with Crippen molar-refractivity contribution in [1.82, 2.24) is 20.0 Å². The summed E-state index contributed by atoms with van der Waals surface area (Å²) in [4.78, 5) is 24.6. The van der Waals surface area contributed by atoms with E-state index in [-0.39, 0.29) is 18.5 Å². The molecule has 1 aliphatic rings. The van der Waals surface area contributed by atoms with Gasteiger partial charge >= 0.3 is 12.0 Å². The monoisotopic (exact) mass is 280 g/mol. The molecule has 1 atom stereocenters. The first-order chi connectivity index (χ1) is 9.66. The molecular formula is C13H20N4O3. The number of piperidine rings is 1. The first-order valence-electron chi connectivity index (χ1n) is 6.90. The van der Waals surface area contributed by atoms with Crippen molar-refractivity contribution in [2.24, 2.45) is 0 Å². The lowest BCUT2D eigenvalue weighted by atomic mass is 10.00. The molecular weight excluding hydrogens is 260 g/mol. The summed E-state index contributed by atoms with van der Waals surface area (Å²) < 4.78 is 1.74. The van der Waals surface area contributed by atoms with Crippen molar-refractivity contribution in [3.8, 4) is 0 Å². The Morgan fingerprint density at radius 2 is 2.25 bits per heavy atom. The third kappa shape index (κ3) is 3.97. The van der Waals surface area contributed by atoms with Crippen LogP contribution in [0.5, 0.6) is 0 Å². The molecule has 7 nitrogen and oxygen atoms in total. The largest absolute Gasteiger partial charge is 0.481 e. The lowest BCUT2D eigenvalue weighted by Gasteiger charge is -2.34. The summed E-state index contributed by atoms with van der Waals surface area (Å²) >= 11 is 0. The minimum absolute atomic E-state index is 0.0204. The van der Waals surface area contributed by atoms with Crippen LogP contribution in [-0.4, -0.2) is 50.9 Å². The molecule has 0 aromatic carbocycles. The van der Waals surface area contributed by atoms with Crippen molar-refractivity contribution in [1.29, 1.82) is 0 Å². The molecule has 1 unspecified atom stereocenters. The number of aliphatic carboxylic acids is 1. The average Bonchev–Trinajstić information content (AvgIpc) is 2.91. The van der Waals surface area contributed by atoms with Gasteiger partial charge in [-0.2, -0.15) is 5.10 Å². The zero-order valence-electron chi connectivity index (χ0n) is 11.4. The first-order valence-corrected chi connectivity index (χ1v) is 6.90. The zero-order valence-corrected chi connectivity index (χ0v) is 11.4. The molecule has 2 amide bonds. The van der Waals surface area contributed by atoms with Crippen molar-refractivity contribution in [2.75, 3.05) is 13.1 Å². The molecule has 0 saturated carbocycles. The molecule has 2 N–H and O–H groups in total. The lowest BCUT2D eigenvalue weighted by molar-refractivity contribution is -0.138. The maximum atomic E-state index is 12.1. The van der Waals surface area contributed by atoms with Crippen LogP contribution in [0.2, 0.25) is 0 Å². The minimum atomic E-state index is -0.855. The number of hydrogen-bond donors (Lipinski definition) is 2. The number of nitrogens with one attached hydrogen (secondary N) is 1. The molecule has 2 heterocycles. The number of rotatable bonds is 5. The van der Waals surface area contributed by atoms with E-state index in [0.717, 1.165) is 19.3 Å². The number of carbonyl (C=O) groups excluding carboxylic acids is 1. The standard InChI is InChI=1S/C13H20N4O3/c18-12(19)10-11-4-1-2-8-17(11)13(20)14-6-9-16-7-3-5-15-16/h3,5,7,11H,1-2,4,6,8-10H2,(H,14,20)(H,18,19). The molecule has 20 heavy (non-hydrogen) atoms. The van der Waals surface area contributed by atoms with Crippen LogP contribution in [0.4, 0.5) is 4.79 Å². The Morgan fingerprint density at radius 3 is 2.95 bits per heavy atom. The van der Waals surface area contributed by atoms with Gasteiger partial charge in [0, 0.05) is 31.5 Å². The summed E-state index contributed by atoms with van der Waals surface area (Å²) in [6.45, 7) is 1.72. The number of urea groups is 1. The maximum Gasteiger partial charge on any atom is 0.317 e. The minimum Gasteiger partial charge on any atom is -0.481 e. The fourth-order valence-corrected chi connectivity index (χ4v) is 2.49. The summed E-state index contributed by atoms with van der Waals surface area (Å²) in [6, 6.07) is 1.46. The van der Waals surface area contributed by atoms with Crippen LogP contribution >= 0.6 is 0 Å². The second-order valence-corrected chi connectivity index (χ2v) is 4.94. The fraction of sp³-hybridized carbons (Fsp3) is 0.615. The fourth-order valence-electron chi connectivity index (χ4n) is 2.49. The highest BCUT2D eigenvalue weighted by Crippen LogP contribution is 2.19. The Labute approximate surface area is 117 Å². The average molecular weight is 280 g/mol. The van der Waals surface area contributed by atoms with Crippen molar-refractivity contribution >= 4 is 12.0 Å². The van der Waals surface area contributed by atoms with Crippen LogP contribution in [0.15, 0.2) is 18.5 Å². The van der Waals surface area contributed by atoms with Crippen LogP contribution in [0.25, 0.3) is 0 Å². The number of carbonyl (C=O) groups is 2. The number of aromatic nitrogens is 2. The number of hydrogen-bond acceptors (Lipinski definition) is 3. The predicted molar refractivity (Wildman–Crippen MR) is 72.2 cm³/mol. The van der Waals surface area contributed by atoms with Gasteiger partial charge in [-0.1, -0.05) is 0 Å². The summed E-state index contributed by atoms with van der Waals surface area (Å²) in [6.07, 6.45) is 6.22. The Morgan fingerprint density at radius 1 is 1.40 bits per heavy atom. The molecule has 0 bridgehead atoms. The zero-order chi connectivity index (χ0) is 14.4. The highest BCUT2D eigenvalue weighted by Gasteiger charge is 2.28. The van der Waals surface area contributed by atoms with E-state index < -0.39 is 5.97 Å². The Bertz CT molecular complexity index is 446. The van der Waals surface area contributed by atoms with Crippen LogP contribution in [0.3, 0.4) is 0 Å². The van der Waals surface area contributed by atoms with Gasteiger partial charge in [-0.15, -0.1) is 0 Å². The molecule has 1 aliphatic heterocycles. The molecule has 1 aromatic rings. The molecule has 1 aromatic heterocycles. The van der Waals surface area contributed by atoms with Gasteiger partial charge < -0.3 is 15.3 Å². The number of carboxylic acid groups (broad SMARTS) is 1. The molecule has 1 saturated heterocycles. The van der Waals surface area contributed by atoms with Gasteiger partial charge in [0.1, 0.15) is 0 Å². The van der Waals surface area contributed by atoms with E-state index in [4.69, 9.17) is 5.11 Å². The van der Waals surface area contributed by atoms with Gasteiger partial charge in [0.2, 0.25) is 0 Å². The predicted octanol–water partition coefficient (Wildman–Crippen LogP) is 0.922. The highest BCUT2D eigenvalue weighted by molar-refractivity contribution is 5.76. The topological polar surface area (TPSA) is 87.5 Å². The van der Waals surface area contributed by atoms with E-state index in [1.165, 1.54) is 0 Å². The van der Waals surface area contributed by atoms with Crippen molar-refractivity contribution in [3.63, 3.8) is 0 Å². The Hall–Kier alpha value is -2.05. The third-order valence-electron chi connectivity index (χ3n) is 3.47. The van der Waals surface area contributed by atoms with E-state index in [1.54, 1.807) is 15.8 Å². The molecule has 0 aliphatic carbocycles. The van der Waals surface area contributed by atoms with Crippen LogP contribution < -0.4 is 5.32 Å². The van der Waals surface area contributed by atoms with Gasteiger partial charge in [-0.05, 0) is 25.3 Å². The van der Waals surface area contributed by atoms with Crippen LogP contribution in [0, 0.1) is 0 Å². The molecule has 110 valence electrons. The highest BCUT2D eigenvalue weighted by atomic mass is 16.4. The molecule has 7 heteroatoms. The first kappa shape index (κ1) is 14.4. The molecule has 1 fully saturated rings. The summed E-state index contributed by atoms with van der Waals surface area (Å²) in [5.41, 5.74) is 0. The number of carboxylic acids is 1. The van der Waals surface area contributed by atoms with E-state index in [0.29, 0.717) is 19.6 Å². The van der Waals surface area contributed by atoms with Gasteiger partial charge in [0.15, 0.2) is 0 Å². The number of likely N-dealkylation sites (tertiary alicyclic amines) is 1. The molecule has 2 rings (SSSR count). The number of nitrogens with zero attached hydrogens (tertiary/aromatic N) is 3. The normalized spacial score (nSPS) is 18.8. The molecule has 0 spiro atoms. The van der Waals surface area contributed by atoms with E-state index in [1.807, 2.05) is 12.3 Å². The van der Waals surface area contributed by atoms with E-state index in [2.05, 4.69) is 10.4 Å². The van der Waals surface area contributed by atoms with E-state index in [9.17, 15) is 9.59 Å².